The van der Waals surface area contributed by atoms with Gasteiger partial charge in [-0.2, -0.15) is 0 Å². The maximum absolute atomic E-state index is 9.24. The number of aliphatic hydroxyl groups is 1. The molecule has 18 heavy (non-hydrogen) atoms. The molecule has 1 fully saturated rings. The quantitative estimate of drug-likeness (QED) is 0.863. The molecule has 94 valence electrons. The Bertz CT molecular complexity index is 530. The summed E-state index contributed by atoms with van der Waals surface area (Å²) in [5.41, 5.74) is 2.34. The molecular weight excluding hydrogens is 224 g/mol. The van der Waals surface area contributed by atoms with Gasteiger partial charge in [-0.1, -0.05) is 18.2 Å². The molecule has 3 nitrogen and oxygen atoms in total. The van der Waals surface area contributed by atoms with Crippen molar-refractivity contribution in [3.8, 4) is 0 Å². The van der Waals surface area contributed by atoms with Gasteiger partial charge in [0.25, 0.3) is 0 Å². The molecule has 0 spiro atoms. The lowest BCUT2D eigenvalue weighted by Crippen LogP contribution is -2.35. The molecule has 0 radical (unpaired) electrons. The number of aliphatic hydroxyl groups excluding tert-OH is 1. The lowest BCUT2D eigenvalue weighted by atomic mass is 9.82. The number of hydrogen-bond acceptors (Lipinski definition) is 3. The van der Waals surface area contributed by atoms with E-state index in [2.05, 4.69) is 28.5 Å². The van der Waals surface area contributed by atoms with Crippen LogP contribution in [0, 0.1) is 5.92 Å². The van der Waals surface area contributed by atoms with Gasteiger partial charge in [0.15, 0.2) is 0 Å². The number of aromatic nitrogens is 1. The van der Waals surface area contributed by atoms with E-state index in [4.69, 9.17) is 0 Å². The van der Waals surface area contributed by atoms with E-state index in [1.54, 1.807) is 0 Å². The normalized spacial score (nSPS) is 22.9. The second kappa shape index (κ2) is 5.04. The van der Waals surface area contributed by atoms with E-state index in [9.17, 15) is 5.11 Å². The summed E-state index contributed by atoms with van der Waals surface area (Å²) in [6.07, 6.45) is 3.71. The molecule has 1 saturated carbocycles. The first-order valence-electron chi connectivity index (χ1n) is 6.54. The molecular formula is C15H18N2O. The lowest BCUT2D eigenvalue weighted by molar-refractivity contribution is 0.0430. The average molecular weight is 242 g/mol. The minimum absolute atomic E-state index is 0.0569. The summed E-state index contributed by atoms with van der Waals surface area (Å²) in [5.74, 6) is 0.646. The fraction of sp³-hybridized carbons (Fsp3) is 0.400. The van der Waals surface area contributed by atoms with Crippen LogP contribution in [0.25, 0.3) is 10.9 Å². The Kier molecular flexibility index (Phi) is 3.26. The van der Waals surface area contributed by atoms with Crippen LogP contribution >= 0.6 is 0 Å². The first-order chi connectivity index (χ1) is 8.83. The Balaban J connectivity index is 1.64. The molecule has 1 aromatic carbocycles. The Labute approximate surface area is 107 Å². The number of nitrogens with zero attached hydrogens (tertiary/aromatic N) is 1. The molecule has 0 atom stereocenters. The van der Waals surface area contributed by atoms with Crippen LogP contribution in [-0.2, 0) is 6.54 Å². The van der Waals surface area contributed by atoms with Crippen molar-refractivity contribution in [3.05, 3.63) is 42.1 Å². The van der Waals surface area contributed by atoms with Crippen LogP contribution in [0.1, 0.15) is 18.4 Å². The average Bonchev–Trinajstić information content (AvgIpc) is 2.37. The van der Waals surface area contributed by atoms with E-state index < -0.39 is 0 Å². The smallest absolute Gasteiger partial charge is 0.0705 e. The van der Waals surface area contributed by atoms with E-state index in [1.165, 1.54) is 10.9 Å². The van der Waals surface area contributed by atoms with Gasteiger partial charge < -0.3 is 10.4 Å². The van der Waals surface area contributed by atoms with E-state index in [0.717, 1.165) is 31.4 Å². The minimum Gasteiger partial charge on any atom is -0.393 e. The van der Waals surface area contributed by atoms with Crippen LogP contribution < -0.4 is 5.32 Å². The Morgan fingerprint density at radius 2 is 2.06 bits per heavy atom. The summed E-state index contributed by atoms with van der Waals surface area (Å²) in [6, 6.07) is 10.3. The predicted molar refractivity (Wildman–Crippen MR) is 72.2 cm³/mol. The van der Waals surface area contributed by atoms with Crippen LogP contribution in [0.4, 0.5) is 0 Å². The standard InChI is InChI=1S/C15H18N2O/c18-13-7-11(8-13)9-16-10-12-5-6-17-15-4-2-1-3-14(12)15/h1-6,11,13,16,18H,7-10H2. The number of benzene rings is 1. The van der Waals surface area contributed by atoms with Gasteiger partial charge in [0, 0.05) is 18.1 Å². The van der Waals surface area contributed by atoms with Crippen molar-refractivity contribution in [2.24, 2.45) is 5.92 Å². The number of pyridine rings is 1. The van der Waals surface area contributed by atoms with E-state index >= 15 is 0 Å². The molecule has 1 aromatic heterocycles. The summed E-state index contributed by atoms with van der Waals surface area (Å²) < 4.78 is 0. The zero-order chi connectivity index (χ0) is 12.4. The van der Waals surface area contributed by atoms with Gasteiger partial charge in [-0.05, 0) is 43.0 Å². The fourth-order valence-corrected chi connectivity index (χ4v) is 2.59. The molecule has 1 aliphatic rings. The highest BCUT2D eigenvalue weighted by atomic mass is 16.3. The molecule has 1 heterocycles. The topological polar surface area (TPSA) is 45.1 Å². The van der Waals surface area contributed by atoms with E-state index in [0.29, 0.717) is 5.92 Å². The van der Waals surface area contributed by atoms with E-state index in [1.807, 2.05) is 18.3 Å². The maximum atomic E-state index is 9.24. The number of rotatable bonds is 4. The molecule has 1 aliphatic carbocycles. The van der Waals surface area contributed by atoms with Crippen LogP contribution in [0.2, 0.25) is 0 Å². The van der Waals surface area contributed by atoms with Crippen LogP contribution in [0.3, 0.4) is 0 Å². The highest BCUT2D eigenvalue weighted by Crippen LogP contribution is 2.26. The van der Waals surface area contributed by atoms with Crippen molar-refractivity contribution in [1.82, 2.24) is 10.3 Å². The Hall–Kier alpha value is -1.45. The highest BCUT2D eigenvalue weighted by molar-refractivity contribution is 5.81. The monoisotopic (exact) mass is 242 g/mol. The summed E-state index contributed by atoms with van der Waals surface area (Å²) in [5, 5.41) is 13.9. The first-order valence-corrected chi connectivity index (χ1v) is 6.54. The molecule has 0 amide bonds. The highest BCUT2D eigenvalue weighted by Gasteiger charge is 2.26. The molecule has 2 N–H and O–H groups in total. The molecule has 0 aliphatic heterocycles. The summed E-state index contributed by atoms with van der Waals surface area (Å²) in [7, 11) is 0. The minimum atomic E-state index is -0.0569. The van der Waals surface area contributed by atoms with Crippen LogP contribution in [-0.4, -0.2) is 22.7 Å². The third kappa shape index (κ3) is 2.37. The molecule has 3 heteroatoms. The largest absolute Gasteiger partial charge is 0.393 e. The molecule has 0 unspecified atom stereocenters. The number of fused-ring (bicyclic) bond motifs is 1. The lowest BCUT2D eigenvalue weighted by Gasteiger charge is -2.31. The third-order valence-electron chi connectivity index (χ3n) is 3.70. The van der Waals surface area contributed by atoms with Crippen molar-refractivity contribution in [2.45, 2.75) is 25.5 Å². The number of nitrogens with one attached hydrogen (secondary N) is 1. The predicted octanol–water partition coefficient (Wildman–Crippen LogP) is 2.10. The van der Waals surface area contributed by atoms with Gasteiger partial charge >= 0.3 is 0 Å². The van der Waals surface area contributed by atoms with Crippen molar-refractivity contribution in [2.75, 3.05) is 6.54 Å². The summed E-state index contributed by atoms with van der Waals surface area (Å²) in [6.45, 7) is 1.86. The zero-order valence-electron chi connectivity index (χ0n) is 10.3. The van der Waals surface area contributed by atoms with Gasteiger partial charge in [0.05, 0.1) is 11.6 Å². The second-order valence-electron chi connectivity index (χ2n) is 5.11. The van der Waals surface area contributed by atoms with Gasteiger partial charge in [-0.25, -0.2) is 0 Å². The van der Waals surface area contributed by atoms with Gasteiger partial charge in [0.2, 0.25) is 0 Å². The maximum Gasteiger partial charge on any atom is 0.0705 e. The van der Waals surface area contributed by atoms with Crippen molar-refractivity contribution in [3.63, 3.8) is 0 Å². The Morgan fingerprint density at radius 3 is 2.89 bits per heavy atom. The second-order valence-corrected chi connectivity index (χ2v) is 5.11. The first kappa shape index (κ1) is 11.6. The summed E-state index contributed by atoms with van der Waals surface area (Å²) in [4.78, 5) is 4.36. The Morgan fingerprint density at radius 1 is 1.22 bits per heavy atom. The molecule has 0 bridgehead atoms. The molecule has 3 rings (SSSR count). The summed E-state index contributed by atoms with van der Waals surface area (Å²) >= 11 is 0. The molecule has 2 aromatic rings. The SMILES string of the molecule is OC1CC(CNCc2ccnc3ccccc23)C1. The molecule has 0 saturated heterocycles. The fourth-order valence-electron chi connectivity index (χ4n) is 2.59. The van der Waals surface area contributed by atoms with Crippen molar-refractivity contribution < 1.29 is 5.11 Å². The number of para-hydroxylation sites is 1. The van der Waals surface area contributed by atoms with Crippen LogP contribution in [0.15, 0.2) is 36.5 Å². The van der Waals surface area contributed by atoms with Crippen LogP contribution in [0.5, 0.6) is 0 Å². The van der Waals surface area contributed by atoms with Gasteiger partial charge in [-0.3, -0.25) is 4.98 Å². The van der Waals surface area contributed by atoms with Crippen molar-refractivity contribution >= 4 is 10.9 Å². The van der Waals surface area contributed by atoms with Crippen molar-refractivity contribution in [1.29, 1.82) is 0 Å². The zero-order valence-corrected chi connectivity index (χ0v) is 10.3. The van der Waals surface area contributed by atoms with Gasteiger partial charge in [0.1, 0.15) is 0 Å². The third-order valence-corrected chi connectivity index (χ3v) is 3.70. The van der Waals surface area contributed by atoms with Gasteiger partial charge in [-0.15, -0.1) is 0 Å². The van der Waals surface area contributed by atoms with E-state index in [-0.39, 0.29) is 6.10 Å². The number of hydrogen-bond donors (Lipinski definition) is 2.